The molecule has 0 saturated carbocycles. The number of nitrogens with two attached hydrogens (primary N) is 1. The highest BCUT2D eigenvalue weighted by molar-refractivity contribution is 5.42. The Labute approximate surface area is 90.0 Å². The van der Waals surface area contributed by atoms with Crippen molar-refractivity contribution in [2.75, 3.05) is 32.0 Å². The average molecular weight is 207 g/mol. The standard InChI is InChI=1S/C11H17N3O/c1-9-11(12)3-2-10(13-9)8-14-4-6-15-7-5-14/h2-3H,4-8,12H2,1H3. The van der Waals surface area contributed by atoms with Crippen LogP contribution in [-0.4, -0.2) is 36.2 Å². The van der Waals surface area contributed by atoms with Crippen molar-refractivity contribution in [3.63, 3.8) is 0 Å². The lowest BCUT2D eigenvalue weighted by atomic mass is 10.2. The minimum Gasteiger partial charge on any atom is -0.397 e. The summed E-state index contributed by atoms with van der Waals surface area (Å²) in [7, 11) is 0. The van der Waals surface area contributed by atoms with Crippen LogP contribution in [0.4, 0.5) is 5.69 Å². The minimum atomic E-state index is 0.765. The quantitative estimate of drug-likeness (QED) is 0.779. The molecule has 15 heavy (non-hydrogen) atoms. The first kappa shape index (κ1) is 10.4. The zero-order valence-electron chi connectivity index (χ0n) is 9.07. The molecule has 2 N–H and O–H groups in total. The molecule has 0 aliphatic carbocycles. The van der Waals surface area contributed by atoms with Gasteiger partial charge in [-0.25, -0.2) is 0 Å². The van der Waals surface area contributed by atoms with Crippen LogP contribution < -0.4 is 5.73 Å². The SMILES string of the molecule is Cc1nc(CN2CCOCC2)ccc1N. The molecule has 0 aromatic carbocycles. The second-order valence-corrected chi connectivity index (χ2v) is 3.87. The van der Waals surface area contributed by atoms with Crippen molar-refractivity contribution >= 4 is 5.69 Å². The lowest BCUT2D eigenvalue weighted by Crippen LogP contribution is -2.35. The maximum Gasteiger partial charge on any atom is 0.0605 e. The van der Waals surface area contributed by atoms with Crippen molar-refractivity contribution in [3.05, 3.63) is 23.5 Å². The molecule has 0 bridgehead atoms. The first-order valence-corrected chi connectivity index (χ1v) is 5.28. The number of pyridine rings is 1. The van der Waals surface area contributed by atoms with Crippen LogP contribution in [0.25, 0.3) is 0 Å². The fourth-order valence-corrected chi connectivity index (χ4v) is 1.70. The molecule has 0 amide bonds. The molecule has 1 fully saturated rings. The van der Waals surface area contributed by atoms with Gasteiger partial charge in [-0.15, -0.1) is 0 Å². The second kappa shape index (κ2) is 4.59. The summed E-state index contributed by atoms with van der Waals surface area (Å²) >= 11 is 0. The van der Waals surface area contributed by atoms with E-state index in [-0.39, 0.29) is 0 Å². The summed E-state index contributed by atoms with van der Waals surface area (Å²) in [4.78, 5) is 6.81. The van der Waals surface area contributed by atoms with Gasteiger partial charge in [0.2, 0.25) is 0 Å². The van der Waals surface area contributed by atoms with E-state index < -0.39 is 0 Å². The predicted octanol–water partition coefficient (Wildman–Crippen LogP) is 0.804. The van der Waals surface area contributed by atoms with Gasteiger partial charge in [0.05, 0.1) is 30.3 Å². The monoisotopic (exact) mass is 207 g/mol. The van der Waals surface area contributed by atoms with Gasteiger partial charge in [-0.1, -0.05) is 0 Å². The van der Waals surface area contributed by atoms with E-state index in [1.54, 1.807) is 0 Å². The van der Waals surface area contributed by atoms with E-state index in [0.29, 0.717) is 0 Å². The van der Waals surface area contributed by atoms with Crippen molar-refractivity contribution in [2.45, 2.75) is 13.5 Å². The summed E-state index contributed by atoms with van der Waals surface area (Å²) in [6.07, 6.45) is 0. The van der Waals surface area contributed by atoms with Crippen LogP contribution >= 0.6 is 0 Å². The van der Waals surface area contributed by atoms with Crippen LogP contribution in [0.3, 0.4) is 0 Å². The molecule has 2 rings (SSSR count). The number of morpholine rings is 1. The van der Waals surface area contributed by atoms with Gasteiger partial charge in [-0.3, -0.25) is 9.88 Å². The van der Waals surface area contributed by atoms with Crippen molar-refractivity contribution in [3.8, 4) is 0 Å². The Morgan fingerprint density at radius 3 is 2.80 bits per heavy atom. The molecule has 1 aromatic heterocycles. The number of ether oxygens (including phenoxy) is 1. The molecular weight excluding hydrogens is 190 g/mol. The Bertz CT molecular complexity index is 335. The maximum absolute atomic E-state index is 5.73. The third-order valence-corrected chi connectivity index (χ3v) is 2.67. The lowest BCUT2D eigenvalue weighted by molar-refractivity contribution is 0.0336. The Balaban J connectivity index is 2.00. The molecule has 0 atom stereocenters. The fraction of sp³-hybridized carbons (Fsp3) is 0.545. The molecule has 1 aliphatic heterocycles. The van der Waals surface area contributed by atoms with E-state index in [4.69, 9.17) is 10.5 Å². The predicted molar refractivity (Wildman–Crippen MR) is 59.5 cm³/mol. The summed E-state index contributed by atoms with van der Waals surface area (Å²) in [6.45, 7) is 6.47. The number of hydrogen-bond acceptors (Lipinski definition) is 4. The molecule has 1 saturated heterocycles. The van der Waals surface area contributed by atoms with E-state index >= 15 is 0 Å². The van der Waals surface area contributed by atoms with Gasteiger partial charge in [0.15, 0.2) is 0 Å². The van der Waals surface area contributed by atoms with Gasteiger partial charge < -0.3 is 10.5 Å². The smallest absolute Gasteiger partial charge is 0.0605 e. The summed E-state index contributed by atoms with van der Waals surface area (Å²) in [6, 6.07) is 3.93. The first-order chi connectivity index (χ1) is 7.25. The third kappa shape index (κ3) is 2.67. The van der Waals surface area contributed by atoms with Crippen molar-refractivity contribution < 1.29 is 4.74 Å². The summed E-state index contributed by atoms with van der Waals surface area (Å²) in [5, 5.41) is 0. The Hall–Kier alpha value is -1.13. The molecule has 0 spiro atoms. The van der Waals surface area contributed by atoms with Crippen molar-refractivity contribution in [1.82, 2.24) is 9.88 Å². The molecule has 1 aromatic rings. The Morgan fingerprint density at radius 1 is 1.40 bits per heavy atom. The molecule has 1 aliphatic rings. The minimum absolute atomic E-state index is 0.765. The largest absolute Gasteiger partial charge is 0.397 e. The van der Waals surface area contributed by atoms with Crippen LogP contribution in [0.15, 0.2) is 12.1 Å². The van der Waals surface area contributed by atoms with Gasteiger partial charge in [0.1, 0.15) is 0 Å². The number of hydrogen-bond donors (Lipinski definition) is 1. The summed E-state index contributed by atoms with van der Waals surface area (Å²) < 4.78 is 5.30. The zero-order chi connectivity index (χ0) is 10.7. The number of nitrogens with zero attached hydrogens (tertiary/aromatic N) is 2. The zero-order valence-corrected chi connectivity index (χ0v) is 9.07. The van der Waals surface area contributed by atoms with E-state index in [1.165, 1.54) is 0 Å². The van der Waals surface area contributed by atoms with E-state index in [1.807, 2.05) is 19.1 Å². The van der Waals surface area contributed by atoms with E-state index in [0.717, 1.165) is 49.9 Å². The lowest BCUT2D eigenvalue weighted by Gasteiger charge is -2.26. The Kier molecular flexibility index (Phi) is 3.18. The van der Waals surface area contributed by atoms with Gasteiger partial charge in [-0.05, 0) is 19.1 Å². The highest BCUT2D eigenvalue weighted by Gasteiger charge is 2.11. The van der Waals surface area contributed by atoms with Crippen molar-refractivity contribution in [1.29, 1.82) is 0 Å². The first-order valence-electron chi connectivity index (χ1n) is 5.28. The van der Waals surface area contributed by atoms with Gasteiger partial charge in [0, 0.05) is 19.6 Å². The molecule has 2 heterocycles. The summed E-state index contributed by atoms with van der Waals surface area (Å²) in [5.41, 5.74) is 8.49. The molecule has 4 heteroatoms. The van der Waals surface area contributed by atoms with Crippen LogP contribution in [0, 0.1) is 6.92 Å². The van der Waals surface area contributed by atoms with Crippen molar-refractivity contribution in [2.24, 2.45) is 0 Å². The average Bonchev–Trinajstić information content (AvgIpc) is 2.25. The summed E-state index contributed by atoms with van der Waals surface area (Å²) in [5.74, 6) is 0. The van der Waals surface area contributed by atoms with Crippen LogP contribution in [0.1, 0.15) is 11.4 Å². The van der Waals surface area contributed by atoms with E-state index in [2.05, 4.69) is 9.88 Å². The highest BCUT2D eigenvalue weighted by atomic mass is 16.5. The Morgan fingerprint density at radius 2 is 2.13 bits per heavy atom. The topological polar surface area (TPSA) is 51.4 Å². The number of nitrogen functional groups attached to an aromatic ring is 1. The molecule has 4 nitrogen and oxygen atoms in total. The van der Waals surface area contributed by atoms with Gasteiger partial charge in [0.25, 0.3) is 0 Å². The second-order valence-electron chi connectivity index (χ2n) is 3.87. The highest BCUT2D eigenvalue weighted by Crippen LogP contribution is 2.10. The molecular formula is C11H17N3O. The normalized spacial score (nSPS) is 17.9. The molecule has 82 valence electrons. The van der Waals surface area contributed by atoms with Gasteiger partial charge >= 0.3 is 0 Å². The number of rotatable bonds is 2. The van der Waals surface area contributed by atoms with Crippen LogP contribution in [-0.2, 0) is 11.3 Å². The van der Waals surface area contributed by atoms with Crippen LogP contribution in [0.2, 0.25) is 0 Å². The van der Waals surface area contributed by atoms with Gasteiger partial charge in [-0.2, -0.15) is 0 Å². The number of aryl methyl sites for hydroxylation is 1. The molecule has 0 radical (unpaired) electrons. The van der Waals surface area contributed by atoms with E-state index in [9.17, 15) is 0 Å². The number of anilines is 1. The number of aromatic nitrogens is 1. The van der Waals surface area contributed by atoms with Crippen LogP contribution in [0.5, 0.6) is 0 Å². The fourth-order valence-electron chi connectivity index (χ4n) is 1.70. The maximum atomic E-state index is 5.73. The molecule has 0 unspecified atom stereocenters. The third-order valence-electron chi connectivity index (χ3n) is 2.67.